The van der Waals surface area contributed by atoms with Gasteiger partial charge in [0.1, 0.15) is 0 Å². The molecular weight excluding hydrogens is 304 g/mol. The van der Waals surface area contributed by atoms with Crippen molar-refractivity contribution in [2.24, 2.45) is 0 Å². The van der Waals surface area contributed by atoms with E-state index in [2.05, 4.69) is 86.7 Å². The molecule has 3 rings (SSSR count). The molecule has 3 aromatic carbocycles. The van der Waals surface area contributed by atoms with Gasteiger partial charge in [-0.2, -0.15) is 0 Å². The van der Waals surface area contributed by atoms with E-state index in [0.717, 1.165) is 5.76 Å². The monoisotopic (exact) mass is 328 g/mol. The average molecular weight is 328 g/mol. The van der Waals surface area contributed by atoms with Crippen LogP contribution in [0.2, 0.25) is 0 Å². The van der Waals surface area contributed by atoms with Gasteiger partial charge in [0.25, 0.3) is 0 Å². The molecule has 0 fully saturated rings. The summed E-state index contributed by atoms with van der Waals surface area (Å²) in [5, 5.41) is 2.55. The van der Waals surface area contributed by atoms with Crippen LogP contribution in [0, 0.1) is 6.92 Å². The fraction of sp³-hybridized carbons (Fsp3) is 0.167. The number of ether oxygens (including phenoxy) is 1. The first-order valence-corrected chi connectivity index (χ1v) is 8.58. The summed E-state index contributed by atoms with van der Waals surface area (Å²) in [7, 11) is 1.70. The third-order valence-electron chi connectivity index (χ3n) is 4.51. The Morgan fingerprint density at radius 1 is 0.880 bits per heavy atom. The van der Waals surface area contributed by atoms with Crippen LogP contribution in [0.4, 0.5) is 0 Å². The molecule has 25 heavy (non-hydrogen) atoms. The number of methoxy groups -OCH3 is 1. The van der Waals surface area contributed by atoms with Gasteiger partial charge in [-0.1, -0.05) is 66.7 Å². The average Bonchev–Trinajstić information content (AvgIpc) is 2.62. The molecule has 1 heteroatoms. The van der Waals surface area contributed by atoms with Crippen LogP contribution in [0.25, 0.3) is 28.0 Å². The zero-order chi connectivity index (χ0) is 17.8. The smallest absolute Gasteiger partial charge is 0.0927 e. The molecule has 0 unspecified atom stereocenters. The maximum absolute atomic E-state index is 5.28. The third-order valence-corrected chi connectivity index (χ3v) is 4.51. The van der Waals surface area contributed by atoms with Gasteiger partial charge in [-0.05, 0) is 65.4 Å². The normalized spacial score (nSPS) is 12.5. The molecule has 0 N–H and O–H groups in total. The maximum Gasteiger partial charge on any atom is 0.0927 e. The van der Waals surface area contributed by atoms with Crippen LogP contribution in [0.5, 0.6) is 0 Å². The summed E-state index contributed by atoms with van der Waals surface area (Å²) >= 11 is 0. The van der Waals surface area contributed by atoms with E-state index in [9.17, 15) is 0 Å². The van der Waals surface area contributed by atoms with Gasteiger partial charge in [-0.15, -0.1) is 0 Å². The minimum Gasteiger partial charge on any atom is -0.501 e. The second kappa shape index (κ2) is 7.40. The summed E-state index contributed by atoms with van der Waals surface area (Å²) in [5.41, 5.74) is 6.26. The van der Waals surface area contributed by atoms with Gasteiger partial charge in [-0.3, -0.25) is 0 Å². The molecule has 126 valence electrons. The predicted octanol–water partition coefficient (Wildman–Crippen LogP) is 6.77. The molecule has 0 bridgehead atoms. The molecule has 0 aromatic heterocycles. The second-order valence-corrected chi connectivity index (χ2v) is 6.41. The van der Waals surface area contributed by atoms with Crippen molar-refractivity contribution in [3.05, 3.63) is 89.2 Å². The number of fused-ring (bicyclic) bond motifs is 1. The number of allylic oxidation sites excluding steroid dienone is 3. The fourth-order valence-corrected chi connectivity index (χ4v) is 3.23. The lowest BCUT2D eigenvalue weighted by Gasteiger charge is -2.14. The topological polar surface area (TPSA) is 9.23 Å². The van der Waals surface area contributed by atoms with E-state index < -0.39 is 0 Å². The molecule has 0 radical (unpaired) electrons. The number of benzene rings is 3. The van der Waals surface area contributed by atoms with Crippen LogP contribution < -0.4 is 0 Å². The van der Waals surface area contributed by atoms with Crippen molar-refractivity contribution in [3.63, 3.8) is 0 Å². The van der Waals surface area contributed by atoms with Gasteiger partial charge in [0, 0.05) is 0 Å². The van der Waals surface area contributed by atoms with Gasteiger partial charge in [0.05, 0.1) is 12.9 Å². The molecular formula is C24H24O. The van der Waals surface area contributed by atoms with Crippen LogP contribution in [0.1, 0.15) is 25.0 Å². The Morgan fingerprint density at radius 2 is 1.60 bits per heavy atom. The van der Waals surface area contributed by atoms with Gasteiger partial charge in [0.15, 0.2) is 0 Å². The van der Waals surface area contributed by atoms with Crippen LogP contribution in [0.3, 0.4) is 0 Å². The zero-order valence-corrected chi connectivity index (χ0v) is 15.3. The molecule has 0 atom stereocenters. The Bertz CT molecular complexity index is 961. The van der Waals surface area contributed by atoms with E-state index in [4.69, 9.17) is 4.74 Å². The molecule has 0 heterocycles. The molecule has 0 saturated carbocycles. The second-order valence-electron chi connectivity index (χ2n) is 6.41. The lowest BCUT2D eigenvalue weighted by molar-refractivity contribution is 0.293. The quantitative estimate of drug-likeness (QED) is 0.379. The van der Waals surface area contributed by atoms with Crippen LogP contribution in [-0.4, -0.2) is 7.11 Å². The Balaban J connectivity index is 2.28. The number of aryl methyl sites for hydroxylation is 1. The fourth-order valence-electron chi connectivity index (χ4n) is 3.23. The third kappa shape index (κ3) is 3.66. The summed E-state index contributed by atoms with van der Waals surface area (Å²) in [6, 6.07) is 21.6. The maximum atomic E-state index is 5.28. The van der Waals surface area contributed by atoms with Gasteiger partial charge >= 0.3 is 0 Å². The highest BCUT2D eigenvalue weighted by molar-refractivity contribution is 6.01. The predicted molar refractivity (Wildman–Crippen MR) is 109 cm³/mol. The summed E-state index contributed by atoms with van der Waals surface area (Å²) in [5.74, 6) is 0.909. The minimum atomic E-state index is 0.909. The first-order chi connectivity index (χ1) is 12.1. The van der Waals surface area contributed by atoms with E-state index in [1.165, 1.54) is 38.6 Å². The Morgan fingerprint density at radius 3 is 2.36 bits per heavy atom. The summed E-state index contributed by atoms with van der Waals surface area (Å²) < 4.78 is 5.28. The van der Waals surface area contributed by atoms with Crippen molar-refractivity contribution in [1.29, 1.82) is 0 Å². The van der Waals surface area contributed by atoms with Crippen LogP contribution in [0.15, 0.2) is 78.1 Å². The molecule has 0 aliphatic heterocycles. The molecule has 0 aliphatic carbocycles. The van der Waals surface area contributed by atoms with E-state index in [-0.39, 0.29) is 0 Å². The van der Waals surface area contributed by atoms with Crippen LogP contribution >= 0.6 is 0 Å². The number of hydrogen-bond acceptors (Lipinski definition) is 1. The van der Waals surface area contributed by atoms with Crippen LogP contribution in [-0.2, 0) is 4.74 Å². The van der Waals surface area contributed by atoms with Gasteiger partial charge < -0.3 is 4.74 Å². The van der Waals surface area contributed by atoms with Crippen molar-refractivity contribution in [2.75, 3.05) is 7.11 Å². The highest BCUT2D eigenvalue weighted by Gasteiger charge is 2.10. The van der Waals surface area contributed by atoms with Gasteiger partial charge in [0.2, 0.25) is 0 Å². The molecule has 3 aromatic rings. The van der Waals surface area contributed by atoms with E-state index in [0.29, 0.717) is 0 Å². The van der Waals surface area contributed by atoms with Crippen molar-refractivity contribution in [1.82, 2.24) is 0 Å². The van der Waals surface area contributed by atoms with E-state index >= 15 is 0 Å². The lowest BCUT2D eigenvalue weighted by Crippen LogP contribution is -1.90. The molecule has 1 nitrogen and oxygen atoms in total. The SMILES string of the molecule is CO/C(C)=C\C(C)=C/c1ccc2ccccc2c1-c1ccccc1C. The van der Waals surface area contributed by atoms with E-state index in [1.54, 1.807) is 7.11 Å². The summed E-state index contributed by atoms with van der Waals surface area (Å²) in [4.78, 5) is 0. The zero-order valence-electron chi connectivity index (χ0n) is 15.3. The molecule has 0 amide bonds. The summed E-state index contributed by atoms with van der Waals surface area (Å²) in [6.07, 6.45) is 4.30. The Labute approximate surface area is 150 Å². The van der Waals surface area contributed by atoms with E-state index in [1.807, 2.05) is 6.92 Å². The molecule has 0 aliphatic rings. The van der Waals surface area contributed by atoms with Gasteiger partial charge in [-0.25, -0.2) is 0 Å². The largest absolute Gasteiger partial charge is 0.501 e. The minimum absolute atomic E-state index is 0.909. The first-order valence-electron chi connectivity index (χ1n) is 8.58. The number of hydrogen-bond donors (Lipinski definition) is 0. The lowest BCUT2D eigenvalue weighted by atomic mass is 9.90. The highest BCUT2D eigenvalue weighted by atomic mass is 16.5. The number of rotatable bonds is 4. The standard InChI is InChI=1S/C24H24O/c1-17(15-19(3)25-4)16-21-14-13-20-10-6-8-12-23(20)24(21)22-11-7-5-9-18(22)2/h5-16H,1-4H3/b17-16-,19-15-. The van der Waals surface area contributed by atoms with Crippen molar-refractivity contribution < 1.29 is 4.74 Å². The van der Waals surface area contributed by atoms with Crippen molar-refractivity contribution >= 4 is 16.8 Å². The van der Waals surface area contributed by atoms with Crippen molar-refractivity contribution in [3.8, 4) is 11.1 Å². The Kier molecular flexibility index (Phi) is 5.04. The Hall–Kier alpha value is -2.80. The van der Waals surface area contributed by atoms with Crippen molar-refractivity contribution in [2.45, 2.75) is 20.8 Å². The first kappa shape index (κ1) is 17.0. The molecule has 0 spiro atoms. The highest BCUT2D eigenvalue weighted by Crippen LogP contribution is 2.35. The summed E-state index contributed by atoms with van der Waals surface area (Å²) in [6.45, 7) is 6.26. The molecule has 0 saturated heterocycles.